The van der Waals surface area contributed by atoms with Gasteiger partial charge in [0.15, 0.2) is 0 Å². The molecule has 0 aliphatic rings. The number of hydrogen-bond acceptors (Lipinski definition) is 3. The molecule has 20 heavy (non-hydrogen) atoms. The van der Waals surface area contributed by atoms with E-state index in [1.807, 2.05) is 0 Å². The van der Waals surface area contributed by atoms with Gasteiger partial charge in [-0.15, -0.1) is 0 Å². The van der Waals surface area contributed by atoms with Gasteiger partial charge in [-0.05, 0) is 0 Å². The fraction of sp³-hybridized carbons (Fsp3) is 0.600. The quantitative estimate of drug-likeness (QED) is 0.637. The van der Waals surface area contributed by atoms with Crippen LogP contribution in [0.25, 0.3) is 0 Å². The SMILES string of the molecule is COP(=O)([O-])C(C)(C)C.C[N+](C)(C)Cc1ccccc1. The van der Waals surface area contributed by atoms with E-state index in [0.29, 0.717) is 0 Å². The van der Waals surface area contributed by atoms with Crippen LogP contribution in [0.15, 0.2) is 30.3 Å². The molecule has 116 valence electrons. The molecule has 1 atom stereocenters. The Labute approximate surface area is 123 Å². The second-order valence-electron chi connectivity index (χ2n) is 6.78. The minimum Gasteiger partial charge on any atom is -0.778 e. The Hall–Kier alpha value is -0.670. The molecule has 0 N–H and O–H groups in total. The van der Waals surface area contributed by atoms with Crippen molar-refractivity contribution >= 4 is 7.60 Å². The number of hydrogen-bond donors (Lipinski definition) is 0. The molecule has 0 aliphatic carbocycles. The molecule has 0 bridgehead atoms. The highest BCUT2D eigenvalue weighted by Crippen LogP contribution is 2.49. The molecule has 0 aromatic heterocycles. The molecule has 0 spiro atoms. The van der Waals surface area contributed by atoms with Gasteiger partial charge in [0.2, 0.25) is 0 Å². The largest absolute Gasteiger partial charge is 0.778 e. The van der Waals surface area contributed by atoms with E-state index in [9.17, 15) is 9.46 Å². The summed E-state index contributed by atoms with van der Waals surface area (Å²) in [5, 5.41) is -0.776. The zero-order chi connectivity index (χ0) is 16.0. The van der Waals surface area contributed by atoms with Crippen LogP contribution in [0.4, 0.5) is 0 Å². The minimum atomic E-state index is -3.61. The number of benzene rings is 1. The van der Waals surface area contributed by atoms with Crippen molar-refractivity contribution in [3.63, 3.8) is 0 Å². The lowest BCUT2D eigenvalue weighted by molar-refractivity contribution is -0.884. The van der Waals surface area contributed by atoms with Gasteiger partial charge in [0, 0.05) is 17.8 Å². The third-order valence-corrected chi connectivity index (χ3v) is 4.69. The van der Waals surface area contributed by atoms with Crippen molar-refractivity contribution in [3.8, 4) is 0 Å². The fourth-order valence-corrected chi connectivity index (χ4v) is 1.95. The van der Waals surface area contributed by atoms with E-state index in [1.165, 1.54) is 12.7 Å². The topological polar surface area (TPSA) is 49.4 Å². The molecular weight excluding hydrogens is 273 g/mol. The van der Waals surface area contributed by atoms with Gasteiger partial charge in [-0.3, -0.25) is 0 Å². The molecule has 1 rings (SSSR count). The Kier molecular flexibility index (Phi) is 7.12. The summed E-state index contributed by atoms with van der Waals surface area (Å²) < 4.78 is 16.1. The molecular formula is C15H28NO3P. The maximum Gasteiger partial charge on any atom is 0.140 e. The Balaban J connectivity index is 0.000000370. The van der Waals surface area contributed by atoms with E-state index < -0.39 is 12.8 Å². The van der Waals surface area contributed by atoms with Crippen LogP contribution in [0.1, 0.15) is 26.3 Å². The summed E-state index contributed by atoms with van der Waals surface area (Å²) in [6.45, 7) is 5.90. The summed E-state index contributed by atoms with van der Waals surface area (Å²) in [6, 6.07) is 10.6. The fourth-order valence-electron chi connectivity index (χ4n) is 1.41. The van der Waals surface area contributed by atoms with Crippen LogP contribution in [-0.4, -0.2) is 37.9 Å². The van der Waals surface area contributed by atoms with E-state index in [4.69, 9.17) is 0 Å². The van der Waals surface area contributed by atoms with Gasteiger partial charge < -0.3 is 18.5 Å². The lowest BCUT2D eigenvalue weighted by atomic mass is 10.2. The highest BCUT2D eigenvalue weighted by Gasteiger charge is 2.24. The predicted octanol–water partition coefficient (Wildman–Crippen LogP) is 2.88. The first-order valence-corrected chi connectivity index (χ1v) is 8.14. The molecule has 0 saturated heterocycles. The Morgan fingerprint density at radius 3 is 1.85 bits per heavy atom. The lowest BCUT2D eigenvalue weighted by Crippen LogP contribution is -2.33. The second-order valence-corrected chi connectivity index (χ2v) is 9.49. The van der Waals surface area contributed by atoms with Gasteiger partial charge in [0.25, 0.3) is 0 Å². The van der Waals surface area contributed by atoms with Crippen molar-refractivity contribution in [3.05, 3.63) is 35.9 Å². The highest BCUT2D eigenvalue weighted by atomic mass is 31.2. The molecule has 1 unspecified atom stereocenters. The Morgan fingerprint density at radius 1 is 1.15 bits per heavy atom. The Bertz CT molecular complexity index is 433. The van der Waals surface area contributed by atoms with E-state index in [-0.39, 0.29) is 0 Å². The minimum absolute atomic E-state index is 0.776. The maximum absolute atomic E-state index is 10.8. The van der Waals surface area contributed by atoms with Gasteiger partial charge in [0.05, 0.1) is 21.1 Å². The number of nitrogens with zero attached hydrogens (tertiary/aromatic N) is 1. The summed E-state index contributed by atoms with van der Waals surface area (Å²) in [6.07, 6.45) is 0. The number of rotatable bonds is 3. The molecule has 0 aliphatic heterocycles. The Morgan fingerprint density at radius 2 is 1.60 bits per heavy atom. The summed E-state index contributed by atoms with van der Waals surface area (Å²) in [5.74, 6) is 0. The zero-order valence-electron chi connectivity index (χ0n) is 13.7. The number of quaternary nitrogens is 1. The summed E-state index contributed by atoms with van der Waals surface area (Å²) in [7, 11) is 4.18. The molecule has 1 aromatic carbocycles. The second kappa shape index (κ2) is 7.37. The summed E-state index contributed by atoms with van der Waals surface area (Å²) >= 11 is 0. The van der Waals surface area contributed by atoms with Crippen molar-refractivity contribution < 1.29 is 18.5 Å². The average molecular weight is 301 g/mol. The molecule has 0 radical (unpaired) electrons. The van der Waals surface area contributed by atoms with E-state index in [1.54, 1.807) is 20.8 Å². The normalized spacial score (nSPS) is 15.0. The maximum atomic E-state index is 10.8. The third kappa shape index (κ3) is 7.81. The first kappa shape index (κ1) is 19.3. The van der Waals surface area contributed by atoms with Crippen LogP contribution < -0.4 is 4.89 Å². The predicted molar refractivity (Wildman–Crippen MR) is 82.5 cm³/mol. The summed E-state index contributed by atoms with van der Waals surface area (Å²) in [4.78, 5) is 10.8. The van der Waals surface area contributed by atoms with Crippen LogP contribution in [-0.2, 0) is 15.6 Å². The molecule has 0 fully saturated rings. The van der Waals surface area contributed by atoms with Gasteiger partial charge in [-0.25, -0.2) is 0 Å². The van der Waals surface area contributed by atoms with Crippen LogP contribution in [0.5, 0.6) is 0 Å². The highest BCUT2D eigenvalue weighted by molar-refractivity contribution is 7.53. The standard InChI is InChI=1S/C10H16N.C5H13O3P/c1-11(2,3)9-10-7-5-4-6-8-10;1-5(2,3)9(6,7)8-4/h4-8H,9H2,1-3H3;1-4H3,(H,6,7)/q+1;/p-1. The molecule has 5 heteroatoms. The molecule has 0 amide bonds. The van der Waals surface area contributed by atoms with E-state index in [2.05, 4.69) is 56.0 Å². The van der Waals surface area contributed by atoms with Crippen molar-refractivity contribution in [1.29, 1.82) is 0 Å². The smallest absolute Gasteiger partial charge is 0.140 e. The summed E-state index contributed by atoms with van der Waals surface area (Å²) in [5.41, 5.74) is 1.40. The average Bonchev–Trinajstić information content (AvgIpc) is 2.27. The van der Waals surface area contributed by atoms with Crippen molar-refractivity contribution in [1.82, 2.24) is 0 Å². The lowest BCUT2D eigenvalue weighted by Gasteiger charge is -2.34. The van der Waals surface area contributed by atoms with Crippen LogP contribution in [0.3, 0.4) is 0 Å². The van der Waals surface area contributed by atoms with E-state index in [0.717, 1.165) is 11.0 Å². The van der Waals surface area contributed by atoms with Gasteiger partial charge >= 0.3 is 0 Å². The third-order valence-electron chi connectivity index (χ3n) is 2.56. The van der Waals surface area contributed by atoms with Crippen LogP contribution in [0, 0.1) is 0 Å². The van der Waals surface area contributed by atoms with Gasteiger partial charge in [-0.1, -0.05) is 51.1 Å². The first-order valence-electron chi connectivity index (χ1n) is 6.60. The van der Waals surface area contributed by atoms with Crippen LogP contribution >= 0.6 is 7.60 Å². The first-order chi connectivity index (χ1) is 8.89. The van der Waals surface area contributed by atoms with Gasteiger partial charge in [-0.2, -0.15) is 0 Å². The van der Waals surface area contributed by atoms with Gasteiger partial charge in [0.1, 0.15) is 14.1 Å². The molecule has 0 heterocycles. The van der Waals surface area contributed by atoms with E-state index >= 15 is 0 Å². The van der Waals surface area contributed by atoms with Crippen molar-refractivity contribution in [2.45, 2.75) is 32.5 Å². The van der Waals surface area contributed by atoms with Crippen molar-refractivity contribution in [2.75, 3.05) is 28.3 Å². The monoisotopic (exact) mass is 301 g/mol. The molecule has 4 nitrogen and oxygen atoms in total. The molecule has 0 saturated carbocycles. The molecule has 1 aromatic rings. The van der Waals surface area contributed by atoms with Crippen molar-refractivity contribution in [2.24, 2.45) is 0 Å². The van der Waals surface area contributed by atoms with Crippen LogP contribution in [0.2, 0.25) is 0 Å². The zero-order valence-corrected chi connectivity index (χ0v) is 14.6.